The summed E-state index contributed by atoms with van der Waals surface area (Å²) < 4.78 is 26.4. The second kappa shape index (κ2) is 8.57. The predicted octanol–water partition coefficient (Wildman–Crippen LogP) is 3.03. The minimum atomic E-state index is -0.562. The van der Waals surface area contributed by atoms with Gasteiger partial charge in [-0.15, -0.1) is 11.3 Å². The standard InChI is InChI=1S/C16H20F2N4S/c1-3-19-16(22-10-15-21-9-11(2)23-15)20-7-6-12-4-5-13(17)8-14(12)18/h4-5,8-9H,3,6-7,10H2,1-2H3,(H2,19,20,22). The summed E-state index contributed by atoms with van der Waals surface area (Å²) in [5.74, 6) is -0.428. The summed E-state index contributed by atoms with van der Waals surface area (Å²) in [5.41, 5.74) is 0.477. The van der Waals surface area contributed by atoms with Gasteiger partial charge in [0.25, 0.3) is 0 Å². The zero-order chi connectivity index (χ0) is 16.7. The van der Waals surface area contributed by atoms with Gasteiger partial charge in [0.2, 0.25) is 0 Å². The number of benzene rings is 1. The third-order valence-corrected chi connectivity index (χ3v) is 3.99. The lowest BCUT2D eigenvalue weighted by Crippen LogP contribution is -2.38. The Bertz CT molecular complexity index is 670. The van der Waals surface area contributed by atoms with Crippen LogP contribution in [0.4, 0.5) is 8.78 Å². The van der Waals surface area contributed by atoms with Gasteiger partial charge in [-0.05, 0) is 31.9 Å². The van der Waals surface area contributed by atoms with Crippen LogP contribution in [0.3, 0.4) is 0 Å². The number of guanidine groups is 1. The van der Waals surface area contributed by atoms with Gasteiger partial charge in [0.1, 0.15) is 16.6 Å². The Labute approximate surface area is 138 Å². The number of aromatic nitrogens is 1. The molecule has 0 fully saturated rings. The summed E-state index contributed by atoms with van der Waals surface area (Å²) in [6, 6.07) is 3.64. The Kier molecular flexibility index (Phi) is 6.46. The van der Waals surface area contributed by atoms with Crippen LogP contribution in [0.15, 0.2) is 29.4 Å². The molecule has 0 aliphatic heterocycles. The SMILES string of the molecule is CCNC(=NCc1ncc(C)s1)NCCc1ccc(F)cc1F. The van der Waals surface area contributed by atoms with Gasteiger partial charge in [0, 0.05) is 30.2 Å². The Morgan fingerprint density at radius 1 is 1.30 bits per heavy atom. The minimum absolute atomic E-state index is 0.451. The van der Waals surface area contributed by atoms with E-state index in [4.69, 9.17) is 0 Å². The van der Waals surface area contributed by atoms with Gasteiger partial charge in [0.15, 0.2) is 5.96 Å². The highest BCUT2D eigenvalue weighted by Crippen LogP contribution is 2.12. The van der Waals surface area contributed by atoms with Gasteiger partial charge in [0.05, 0.1) is 6.54 Å². The maximum atomic E-state index is 13.6. The van der Waals surface area contributed by atoms with E-state index in [-0.39, 0.29) is 0 Å². The number of rotatable bonds is 6. The molecule has 0 saturated carbocycles. The van der Waals surface area contributed by atoms with Crippen molar-refractivity contribution in [2.24, 2.45) is 4.99 Å². The molecule has 0 unspecified atom stereocenters. The van der Waals surface area contributed by atoms with E-state index in [0.717, 1.165) is 22.5 Å². The van der Waals surface area contributed by atoms with Crippen molar-refractivity contribution in [3.8, 4) is 0 Å². The number of aliphatic imine (C=N–C) groups is 1. The number of hydrogen-bond acceptors (Lipinski definition) is 3. The molecule has 23 heavy (non-hydrogen) atoms. The molecule has 124 valence electrons. The van der Waals surface area contributed by atoms with Crippen molar-refractivity contribution in [2.45, 2.75) is 26.8 Å². The maximum absolute atomic E-state index is 13.6. The van der Waals surface area contributed by atoms with Crippen LogP contribution in [0.5, 0.6) is 0 Å². The molecule has 7 heteroatoms. The molecule has 1 aromatic carbocycles. The average Bonchev–Trinajstić information content (AvgIpc) is 2.92. The molecule has 4 nitrogen and oxygen atoms in total. The third-order valence-electron chi connectivity index (χ3n) is 3.09. The summed E-state index contributed by atoms with van der Waals surface area (Å²) in [7, 11) is 0. The highest BCUT2D eigenvalue weighted by molar-refractivity contribution is 7.11. The molecule has 0 aliphatic carbocycles. The second-order valence-electron chi connectivity index (χ2n) is 4.97. The van der Waals surface area contributed by atoms with Crippen LogP contribution in [-0.2, 0) is 13.0 Å². The Hall–Kier alpha value is -2.02. The van der Waals surface area contributed by atoms with Crippen LogP contribution in [0, 0.1) is 18.6 Å². The summed E-state index contributed by atoms with van der Waals surface area (Å²) in [5, 5.41) is 7.22. The van der Waals surface area contributed by atoms with Crippen LogP contribution in [-0.4, -0.2) is 24.0 Å². The number of aryl methyl sites for hydroxylation is 1. The van der Waals surface area contributed by atoms with Crippen molar-refractivity contribution in [1.29, 1.82) is 0 Å². The fourth-order valence-corrected chi connectivity index (χ4v) is 2.71. The monoisotopic (exact) mass is 338 g/mol. The Morgan fingerprint density at radius 3 is 2.78 bits per heavy atom. The Balaban J connectivity index is 1.88. The van der Waals surface area contributed by atoms with Crippen LogP contribution in [0.25, 0.3) is 0 Å². The first-order chi connectivity index (χ1) is 11.1. The van der Waals surface area contributed by atoms with E-state index in [1.165, 1.54) is 12.1 Å². The van der Waals surface area contributed by atoms with E-state index in [2.05, 4.69) is 20.6 Å². The van der Waals surface area contributed by atoms with E-state index in [1.807, 2.05) is 20.0 Å². The topological polar surface area (TPSA) is 49.3 Å². The van der Waals surface area contributed by atoms with Crippen molar-refractivity contribution in [2.75, 3.05) is 13.1 Å². The third kappa shape index (κ3) is 5.59. The van der Waals surface area contributed by atoms with E-state index >= 15 is 0 Å². The van der Waals surface area contributed by atoms with Crippen LogP contribution < -0.4 is 10.6 Å². The van der Waals surface area contributed by atoms with Gasteiger partial charge in [-0.3, -0.25) is 0 Å². The first-order valence-electron chi connectivity index (χ1n) is 7.46. The number of halogens is 2. The molecule has 0 atom stereocenters. The van der Waals surface area contributed by atoms with Crippen LogP contribution >= 0.6 is 11.3 Å². The molecule has 2 rings (SSSR count). The van der Waals surface area contributed by atoms with E-state index < -0.39 is 11.6 Å². The zero-order valence-corrected chi connectivity index (χ0v) is 14.0. The first-order valence-corrected chi connectivity index (χ1v) is 8.27. The molecule has 0 amide bonds. The van der Waals surface area contributed by atoms with Crippen molar-refractivity contribution in [3.05, 3.63) is 51.5 Å². The van der Waals surface area contributed by atoms with Gasteiger partial charge >= 0.3 is 0 Å². The van der Waals surface area contributed by atoms with Gasteiger partial charge in [-0.25, -0.2) is 18.8 Å². The smallest absolute Gasteiger partial charge is 0.191 e. The molecular weight excluding hydrogens is 318 g/mol. The minimum Gasteiger partial charge on any atom is -0.357 e. The van der Waals surface area contributed by atoms with E-state index in [9.17, 15) is 8.78 Å². The molecule has 0 spiro atoms. The number of nitrogens with zero attached hydrogens (tertiary/aromatic N) is 2. The highest BCUT2D eigenvalue weighted by atomic mass is 32.1. The molecule has 0 bridgehead atoms. The first kappa shape index (κ1) is 17.3. The predicted molar refractivity (Wildman–Crippen MR) is 89.7 cm³/mol. The maximum Gasteiger partial charge on any atom is 0.191 e. The van der Waals surface area contributed by atoms with Gasteiger partial charge in [-0.2, -0.15) is 0 Å². The zero-order valence-electron chi connectivity index (χ0n) is 13.2. The van der Waals surface area contributed by atoms with E-state index in [0.29, 0.717) is 31.0 Å². The van der Waals surface area contributed by atoms with Crippen molar-refractivity contribution in [1.82, 2.24) is 15.6 Å². The summed E-state index contributed by atoms with van der Waals surface area (Å²) in [6.45, 7) is 5.72. The van der Waals surface area contributed by atoms with Gasteiger partial charge in [-0.1, -0.05) is 6.07 Å². The van der Waals surface area contributed by atoms with Crippen molar-refractivity contribution in [3.63, 3.8) is 0 Å². The molecule has 2 aromatic rings. The van der Waals surface area contributed by atoms with Gasteiger partial charge < -0.3 is 10.6 Å². The molecule has 2 N–H and O–H groups in total. The molecule has 1 heterocycles. The lowest BCUT2D eigenvalue weighted by Gasteiger charge is -2.11. The Morgan fingerprint density at radius 2 is 2.13 bits per heavy atom. The lowest BCUT2D eigenvalue weighted by atomic mass is 10.1. The summed E-state index contributed by atoms with van der Waals surface area (Å²) in [4.78, 5) is 9.87. The highest BCUT2D eigenvalue weighted by Gasteiger charge is 2.05. The molecule has 0 saturated heterocycles. The number of hydrogen-bond donors (Lipinski definition) is 2. The van der Waals surface area contributed by atoms with E-state index in [1.54, 1.807) is 11.3 Å². The molecule has 1 aromatic heterocycles. The van der Waals surface area contributed by atoms with Crippen molar-refractivity contribution >= 4 is 17.3 Å². The largest absolute Gasteiger partial charge is 0.357 e. The quantitative estimate of drug-likeness (QED) is 0.629. The molecular formula is C16H20F2N4S. The second-order valence-corrected chi connectivity index (χ2v) is 6.29. The fourth-order valence-electron chi connectivity index (χ4n) is 2.00. The fraction of sp³-hybridized carbons (Fsp3) is 0.375. The van der Waals surface area contributed by atoms with Crippen LogP contribution in [0.1, 0.15) is 22.4 Å². The van der Waals surface area contributed by atoms with Crippen molar-refractivity contribution < 1.29 is 8.78 Å². The summed E-state index contributed by atoms with van der Waals surface area (Å²) >= 11 is 1.61. The lowest BCUT2D eigenvalue weighted by molar-refractivity contribution is 0.570. The number of nitrogens with one attached hydrogen (secondary N) is 2. The summed E-state index contributed by atoms with van der Waals surface area (Å²) in [6.07, 6.45) is 2.28. The molecule has 0 aliphatic rings. The van der Waals surface area contributed by atoms with Crippen LogP contribution in [0.2, 0.25) is 0 Å². The molecule has 0 radical (unpaired) electrons. The average molecular weight is 338 g/mol. The normalized spacial score (nSPS) is 11.6. The number of thiazole rings is 1.